The quantitative estimate of drug-likeness (QED) is 0.712. The van der Waals surface area contributed by atoms with Crippen LogP contribution < -0.4 is 0 Å². The maximum absolute atomic E-state index is 13.4. The van der Waals surface area contributed by atoms with E-state index in [1.807, 2.05) is 16.8 Å². The van der Waals surface area contributed by atoms with Crippen molar-refractivity contribution in [3.8, 4) is 0 Å². The van der Waals surface area contributed by atoms with Crippen LogP contribution in [0.5, 0.6) is 0 Å². The van der Waals surface area contributed by atoms with Crippen LogP contribution in [-0.4, -0.2) is 17.4 Å². The van der Waals surface area contributed by atoms with Gasteiger partial charge in [-0.05, 0) is 53.4 Å². The van der Waals surface area contributed by atoms with Gasteiger partial charge < -0.3 is 4.90 Å². The number of alkyl halides is 3. The van der Waals surface area contributed by atoms with Crippen LogP contribution >= 0.6 is 11.3 Å². The Labute approximate surface area is 134 Å². The third-order valence-electron chi connectivity index (χ3n) is 3.96. The lowest BCUT2D eigenvalue weighted by molar-refractivity contribution is -0.140. The van der Waals surface area contributed by atoms with Gasteiger partial charge in [-0.25, -0.2) is 4.39 Å². The van der Waals surface area contributed by atoms with Crippen molar-refractivity contribution in [2.24, 2.45) is 0 Å². The van der Waals surface area contributed by atoms with Gasteiger partial charge in [-0.2, -0.15) is 24.5 Å². The molecule has 1 aliphatic rings. The number of carbonyl (C=O) groups excluding carboxylic acids is 1. The Bertz CT molecular complexity index is 711. The smallest absolute Gasteiger partial charge is 0.332 e. The van der Waals surface area contributed by atoms with Gasteiger partial charge in [-0.1, -0.05) is 0 Å². The second-order valence-corrected chi connectivity index (χ2v) is 6.19. The molecule has 3 rings (SSSR count). The van der Waals surface area contributed by atoms with Gasteiger partial charge in [0, 0.05) is 12.1 Å². The summed E-state index contributed by atoms with van der Waals surface area (Å²) in [5.41, 5.74) is -0.561. The molecule has 23 heavy (non-hydrogen) atoms. The summed E-state index contributed by atoms with van der Waals surface area (Å²) < 4.78 is 51.8. The number of hydrogen-bond donors (Lipinski definition) is 0. The summed E-state index contributed by atoms with van der Waals surface area (Å²) in [6.07, 6.45) is -3.26. The van der Waals surface area contributed by atoms with Gasteiger partial charge in [-0.15, -0.1) is 0 Å². The first-order valence-electron chi connectivity index (χ1n) is 7.08. The maximum atomic E-state index is 13.4. The minimum atomic E-state index is -4.82. The highest BCUT2D eigenvalue weighted by Crippen LogP contribution is 2.36. The molecule has 0 saturated carbocycles. The van der Waals surface area contributed by atoms with Crippen LogP contribution in [0.25, 0.3) is 0 Å². The van der Waals surface area contributed by atoms with Gasteiger partial charge >= 0.3 is 6.18 Å². The number of hydrogen-bond acceptors (Lipinski definition) is 2. The fraction of sp³-hybridized carbons (Fsp3) is 0.312. The van der Waals surface area contributed by atoms with E-state index in [4.69, 9.17) is 0 Å². The van der Waals surface area contributed by atoms with Crippen molar-refractivity contribution in [3.05, 3.63) is 57.5 Å². The van der Waals surface area contributed by atoms with Crippen molar-refractivity contribution in [1.82, 2.24) is 4.90 Å². The van der Waals surface area contributed by atoms with E-state index in [2.05, 4.69) is 0 Å². The molecule has 1 aromatic carbocycles. The predicted octanol–water partition coefficient (Wildman–Crippen LogP) is 4.88. The summed E-state index contributed by atoms with van der Waals surface area (Å²) in [5, 5.41) is 3.83. The number of benzene rings is 1. The highest BCUT2D eigenvalue weighted by Gasteiger charge is 2.36. The van der Waals surface area contributed by atoms with E-state index in [-0.39, 0.29) is 11.6 Å². The van der Waals surface area contributed by atoms with E-state index in [0.29, 0.717) is 18.7 Å². The Morgan fingerprint density at radius 3 is 2.70 bits per heavy atom. The van der Waals surface area contributed by atoms with Gasteiger partial charge in [0.2, 0.25) is 0 Å². The Kier molecular flexibility index (Phi) is 4.14. The monoisotopic (exact) mass is 343 g/mol. The average Bonchev–Trinajstić information content (AvgIpc) is 3.16. The fourth-order valence-electron chi connectivity index (χ4n) is 2.86. The van der Waals surface area contributed by atoms with Gasteiger partial charge in [0.05, 0.1) is 11.6 Å². The van der Waals surface area contributed by atoms with Gasteiger partial charge in [0.15, 0.2) is 0 Å². The summed E-state index contributed by atoms with van der Waals surface area (Å²) >= 11 is 1.51. The van der Waals surface area contributed by atoms with Crippen LogP contribution in [0, 0.1) is 5.82 Å². The minimum Gasteiger partial charge on any atom is -0.332 e. The highest BCUT2D eigenvalue weighted by atomic mass is 32.1. The molecule has 122 valence electrons. The average molecular weight is 343 g/mol. The number of thiophene rings is 1. The lowest BCUT2D eigenvalue weighted by atomic mass is 10.1. The van der Waals surface area contributed by atoms with Crippen molar-refractivity contribution in [1.29, 1.82) is 0 Å². The second-order valence-electron chi connectivity index (χ2n) is 5.41. The first-order chi connectivity index (χ1) is 10.9. The molecule has 0 spiro atoms. The lowest BCUT2D eigenvalue weighted by Crippen LogP contribution is -2.30. The van der Waals surface area contributed by atoms with Crippen molar-refractivity contribution in [2.75, 3.05) is 6.54 Å². The standard InChI is InChI=1S/C16H13F4NOS/c17-13-4-3-10(8-12(13)16(18,19)20)15(22)21-6-1-2-14(21)11-5-7-23-9-11/h3-5,7-9,14H,1-2,6H2. The largest absolute Gasteiger partial charge is 0.419 e. The Hall–Kier alpha value is -1.89. The minimum absolute atomic E-state index is 0.131. The molecule has 1 fully saturated rings. The van der Waals surface area contributed by atoms with Crippen LogP contribution in [-0.2, 0) is 6.18 Å². The van der Waals surface area contributed by atoms with E-state index in [9.17, 15) is 22.4 Å². The molecule has 0 N–H and O–H groups in total. The summed E-state index contributed by atoms with van der Waals surface area (Å²) in [7, 11) is 0. The molecule has 1 aromatic heterocycles. The summed E-state index contributed by atoms with van der Waals surface area (Å²) in [5.74, 6) is -1.87. The molecule has 1 aliphatic heterocycles. The Balaban J connectivity index is 1.91. The van der Waals surface area contributed by atoms with E-state index in [1.54, 1.807) is 4.90 Å². The van der Waals surface area contributed by atoms with Crippen LogP contribution in [0.3, 0.4) is 0 Å². The predicted molar refractivity (Wildman–Crippen MR) is 78.7 cm³/mol. The van der Waals surface area contributed by atoms with Crippen molar-refractivity contribution in [3.63, 3.8) is 0 Å². The number of rotatable bonds is 2. The van der Waals surface area contributed by atoms with Gasteiger partial charge in [0.25, 0.3) is 5.91 Å². The van der Waals surface area contributed by atoms with E-state index < -0.39 is 23.5 Å². The summed E-state index contributed by atoms with van der Waals surface area (Å²) in [4.78, 5) is 14.1. The Morgan fingerprint density at radius 2 is 2.04 bits per heavy atom. The van der Waals surface area contributed by atoms with Crippen LogP contribution in [0.4, 0.5) is 17.6 Å². The molecule has 1 amide bonds. The molecule has 0 bridgehead atoms. The first kappa shape index (κ1) is 16.0. The normalized spacial score (nSPS) is 18.4. The van der Waals surface area contributed by atoms with Crippen LogP contribution in [0.2, 0.25) is 0 Å². The number of carbonyl (C=O) groups is 1. The first-order valence-corrected chi connectivity index (χ1v) is 8.02. The lowest BCUT2D eigenvalue weighted by Gasteiger charge is -2.24. The molecule has 2 heterocycles. The summed E-state index contributed by atoms with van der Waals surface area (Å²) in [6, 6.07) is 4.18. The number of likely N-dealkylation sites (tertiary alicyclic amines) is 1. The third kappa shape index (κ3) is 3.10. The molecule has 1 saturated heterocycles. The van der Waals surface area contributed by atoms with E-state index in [0.717, 1.165) is 24.5 Å². The van der Waals surface area contributed by atoms with Crippen molar-refractivity contribution in [2.45, 2.75) is 25.1 Å². The Morgan fingerprint density at radius 1 is 1.26 bits per heavy atom. The second kappa shape index (κ2) is 5.96. The summed E-state index contributed by atoms with van der Waals surface area (Å²) in [6.45, 7) is 0.484. The topological polar surface area (TPSA) is 20.3 Å². The van der Waals surface area contributed by atoms with E-state index >= 15 is 0 Å². The molecule has 0 aliphatic carbocycles. The SMILES string of the molecule is O=C(c1ccc(F)c(C(F)(F)F)c1)N1CCCC1c1ccsc1. The number of amides is 1. The van der Waals surface area contributed by atoms with Crippen molar-refractivity contribution >= 4 is 17.2 Å². The molecule has 0 radical (unpaired) electrons. The van der Waals surface area contributed by atoms with Gasteiger partial charge in [-0.3, -0.25) is 4.79 Å². The zero-order chi connectivity index (χ0) is 16.6. The maximum Gasteiger partial charge on any atom is 0.419 e. The molecular formula is C16H13F4NOS. The number of nitrogens with zero attached hydrogens (tertiary/aromatic N) is 1. The molecule has 1 unspecified atom stereocenters. The highest BCUT2D eigenvalue weighted by molar-refractivity contribution is 7.07. The third-order valence-corrected chi connectivity index (χ3v) is 4.66. The molecule has 1 atom stereocenters. The molecule has 7 heteroatoms. The zero-order valence-corrected chi connectivity index (χ0v) is 12.8. The fourth-order valence-corrected chi connectivity index (χ4v) is 3.57. The van der Waals surface area contributed by atoms with Crippen LogP contribution in [0.15, 0.2) is 35.0 Å². The van der Waals surface area contributed by atoms with Gasteiger partial charge in [0.1, 0.15) is 5.82 Å². The number of halogens is 4. The molecular weight excluding hydrogens is 330 g/mol. The molecule has 2 aromatic rings. The van der Waals surface area contributed by atoms with E-state index in [1.165, 1.54) is 11.3 Å². The molecule has 2 nitrogen and oxygen atoms in total. The van der Waals surface area contributed by atoms with Crippen molar-refractivity contribution < 1.29 is 22.4 Å². The zero-order valence-electron chi connectivity index (χ0n) is 11.9. The van der Waals surface area contributed by atoms with Crippen LogP contribution in [0.1, 0.15) is 40.4 Å².